The molecule has 0 spiro atoms. The lowest BCUT2D eigenvalue weighted by molar-refractivity contribution is -0.108. The second-order valence-electron chi connectivity index (χ2n) is 4.55. The summed E-state index contributed by atoms with van der Waals surface area (Å²) in [6.45, 7) is 0.636. The van der Waals surface area contributed by atoms with Gasteiger partial charge in [0.1, 0.15) is 0 Å². The van der Waals surface area contributed by atoms with Gasteiger partial charge in [-0.25, -0.2) is 0 Å². The maximum atomic E-state index is 10.5. The van der Waals surface area contributed by atoms with Crippen LogP contribution in [0.3, 0.4) is 0 Å². The van der Waals surface area contributed by atoms with Gasteiger partial charge >= 0.3 is 0 Å². The van der Waals surface area contributed by atoms with Gasteiger partial charge in [-0.15, -0.1) is 0 Å². The average Bonchev–Trinajstić information content (AvgIpc) is 2.48. The molecule has 0 radical (unpaired) electrons. The van der Waals surface area contributed by atoms with Gasteiger partial charge in [0.15, 0.2) is 0 Å². The zero-order chi connectivity index (χ0) is 13.8. The second-order valence-corrected chi connectivity index (χ2v) is 4.55. The van der Waals surface area contributed by atoms with Crippen molar-refractivity contribution in [2.45, 2.75) is 6.42 Å². The Morgan fingerprint density at radius 3 is 3.10 bits per heavy atom. The number of nitrogens with zero attached hydrogens (tertiary/aromatic N) is 2. The smallest absolute Gasteiger partial charge is 0.211 e. The molecule has 0 unspecified atom stereocenters. The number of hydrogen-bond acceptors (Lipinski definition) is 4. The van der Waals surface area contributed by atoms with E-state index < -0.39 is 0 Å². The third kappa shape index (κ3) is 2.51. The molecule has 1 aromatic carbocycles. The number of fused-ring (bicyclic) bond motifs is 1. The van der Waals surface area contributed by atoms with E-state index in [1.54, 1.807) is 12.4 Å². The maximum Gasteiger partial charge on any atom is 0.211 e. The number of nitrogens with one attached hydrogen (secondary N) is 2. The fourth-order valence-electron chi connectivity index (χ4n) is 2.29. The van der Waals surface area contributed by atoms with E-state index in [2.05, 4.69) is 20.6 Å². The van der Waals surface area contributed by atoms with Crippen LogP contribution in [0, 0.1) is 0 Å². The Hall–Kier alpha value is -2.69. The van der Waals surface area contributed by atoms with E-state index in [1.165, 1.54) is 0 Å². The Balaban J connectivity index is 1.90. The molecule has 2 heterocycles. The molecule has 1 aromatic heterocycles. The fourth-order valence-corrected chi connectivity index (χ4v) is 2.29. The molecule has 0 bridgehead atoms. The summed E-state index contributed by atoms with van der Waals surface area (Å²) in [5.74, 6) is 0. The molecule has 3 rings (SSSR count). The number of dihydropyridines is 1. The van der Waals surface area contributed by atoms with E-state index >= 15 is 0 Å². The van der Waals surface area contributed by atoms with Crippen molar-refractivity contribution in [3.63, 3.8) is 0 Å². The van der Waals surface area contributed by atoms with Gasteiger partial charge in [0.25, 0.3) is 0 Å². The average molecular weight is 266 g/mol. The molecular weight excluding hydrogens is 252 g/mol. The quantitative estimate of drug-likeness (QED) is 0.818. The van der Waals surface area contributed by atoms with E-state index in [1.807, 2.05) is 30.5 Å². The summed E-state index contributed by atoms with van der Waals surface area (Å²) in [6.07, 6.45) is 8.78. The number of benzene rings is 1. The molecule has 5 nitrogen and oxygen atoms in total. The molecule has 5 heteroatoms. The molecule has 20 heavy (non-hydrogen) atoms. The lowest BCUT2D eigenvalue weighted by atomic mass is 10.0. The summed E-state index contributed by atoms with van der Waals surface area (Å²) in [5.41, 5.74) is 4.89. The van der Waals surface area contributed by atoms with Crippen molar-refractivity contribution in [3.8, 4) is 0 Å². The molecule has 0 saturated carbocycles. The molecular formula is C15H14N4O. The number of carbonyl (C=O) groups is 1. The standard InChI is InChI=1S/C15H14N4O/c20-10-19-13-7-11(8-16-9-13)6-12-2-1-3-14-15(12)18-5-4-17-14/h1-5,7-8,10,16H,6,9H2,(H,19,20). The molecule has 2 N–H and O–H groups in total. The van der Waals surface area contributed by atoms with Crippen molar-refractivity contribution >= 4 is 17.4 Å². The van der Waals surface area contributed by atoms with Crippen LogP contribution in [0.2, 0.25) is 0 Å². The minimum atomic E-state index is 0.636. The normalized spacial score (nSPS) is 14.2. The summed E-state index contributed by atoms with van der Waals surface area (Å²) < 4.78 is 0. The summed E-state index contributed by atoms with van der Waals surface area (Å²) >= 11 is 0. The topological polar surface area (TPSA) is 66.9 Å². The third-order valence-corrected chi connectivity index (χ3v) is 3.16. The van der Waals surface area contributed by atoms with Crippen LogP contribution in [0.5, 0.6) is 0 Å². The van der Waals surface area contributed by atoms with Gasteiger partial charge in [0, 0.05) is 30.7 Å². The lowest BCUT2D eigenvalue weighted by Crippen LogP contribution is -2.24. The van der Waals surface area contributed by atoms with Crippen molar-refractivity contribution in [2.75, 3.05) is 6.54 Å². The molecule has 1 aliphatic heterocycles. The highest BCUT2D eigenvalue weighted by molar-refractivity contribution is 5.77. The Kier molecular flexibility index (Phi) is 3.41. The van der Waals surface area contributed by atoms with Crippen molar-refractivity contribution in [2.24, 2.45) is 0 Å². The molecule has 2 aromatic rings. The number of aromatic nitrogens is 2. The molecule has 0 atom stereocenters. The van der Waals surface area contributed by atoms with Crippen molar-refractivity contribution in [1.29, 1.82) is 0 Å². The van der Waals surface area contributed by atoms with Crippen molar-refractivity contribution < 1.29 is 4.79 Å². The molecule has 1 amide bonds. The van der Waals surface area contributed by atoms with Crippen LogP contribution in [-0.4, -0.2) is 22.9 Å². The van der Waals surface area contributed by atoms with Gasteiger partial charge in [0.05, 0.1) is 17.6 Å². The monoisotopic (exact) mass is 266 g/mol. The first-order chi connectivity index (χ1) is 9.86. The molecule has 1 aliphatic rings. The van der Waals surface area contributed by atoms with Crippen molar-refractivity contribution in [1.82, 2.24) is 20.6 Å². The molecule has 100 valence electrons. The SMILES string of the molecule is O=CNC1=CC(Cc2cccc3nccnc23)=CNC1. The number of amides is 1. The van der Waals surface area contributed by atoms with Gasteiger partial charge in [-0.2, -0.15) is 0 Å². The van der Waals surface area contributed by atoms with Crippen LogP contribution in [0.25, 0.3) is 11.0 Å². The minimum absolute atomic E-state index is 0.636. The first-order valence-corrected chi connectivity index (χ1v) is 6.38. The third-order valence-electron chi connectivity index (χ3n) is 3.16. The van der Waals surface area contributed by atoms with Crippen LogP contribution >= 0.6 is 0 Å². The Morgan fingerprint density at radius 1 is 1.30 bits per heavy atom. The first-order valence-electron chi connectivity index (χ1n) is 6.38. The van der Waals surface area contributed by atoms with Crippen LogP contribution in [0.4, 0.5) is 0 Å². The highest BCUT2D eigenvalue weighted by atomic mass is 16.1. The highest BCUT2D eigenvalue weighted by Gasteiger charge is 2.08. The second kappa shape index (κ2) is 5.52. The van der Waals surface area contributed by atoms with Gasteiger partial charge < -0.3 is 10.6 Å². The summed E-state index contributed by atoms with van der Waals surface area (Å²) in [4.78, 5) is 19.2. The zero-order valence-corrected chi connectivity index (χ0v) is 10.8. The summed E-state index contributed by atoms with van der Waals surface area (Å²) in [6, 6.07) is 5.99. The van der Waals surface area contributed by atoms with E-state index in [0.29, 0.717) is 13.0 Å². The van der Waals surface area contributed by atoms with E-state index in [4.69, 9.17) is 0 Å². The lowest BCUT2D eigenvalue weighted by Gasteiger charge is -2.15. The number of para-hydroxylation sites is 1. The van der Waals surface area contributed by atoms with E-state index in [9.17, 15) is 4.79 Å². The maximum absolute atomic E-state index is 10.5. The van der Waals surface area contributed by atoms with Crippen LogP contribution in [-0.2, 0) is 11.2 Å². The summed E-state index contributed by atoms with van der Waals surface area (Å²) in [7, 11) is 0. The Labute approximate surface area is 116 Å². The van der Waals surface area contributed by atoms with Crippen molar-refractivity contribution in [3.05, 3.63) is 59.7 Å². The zero-order valence-electron chi connectivity index (χ0n) is 10.8. The number of hydrogen-bond donors (Lipinski definition) is 2. The first kappa shape index (κ1) is 12.3. The van der Waals surface area contributed by atoms with Gasteiger partial charge in [-0.05, 0) is 23.3 Å². The number of allylic oxidation sites excluding steroid dienone is 2. The fraction of sp³-hybridized carbons (Fsp3) is 0.133. The highest BCUT2D eigenvalue weighted by Crippen LogP contribution is 2.19. The van der Waals surface area contributed by atoms with Crippen LogP contribution < -0.4 is 10.6 Å². The predicted octanol–water partition coefficient (Wildman–Crippen LogP) is 1.29. The number of carbonyl (C=O) groups excluding carboxylic acids is 1. The van der Waals surface area contributed by atoms with Gasteiger partial charge in [0.2, 0.25) is 6.41 Å². The minimum Gasteiger partial charge on any atom is -0.385 e. The number of rotatable bonds is 4. The molecule has 0 saturated heterocycles. The van der Waals surface area contributed by atoms with Gasteiger partial charge in [-0.1, -0.05) is 12.1 Å². The van der Waals surface area contributed by atoms with Gasteiger partial charge in [-0.3, -0.25) is 14.8 Å². The summed E-state index contributed by atoms with van der Waals surface area (Å²) in [5, 5.41) is 5.84. The van der Waals surface area contributed by atoms with Crippen LogP contribution in [0.15, 0.2) is 54.1 Å². The Bertz CT molecular complexity index is 701. The van der Waals surface area contributed by atoms with E-state index in [-0.39, 0.29) is 0 Å². The van der Waals surface area contributed by atoms with E-state index in [0.717, 1.165) is 34.3 Å². The molecule has 0 aliphatic carbocycles. The predicted molar refractivity (Wildman–Crippen MR) is 76.6 cm³/mol. The Morgan fingerprint density at radius 2 is 2.20 bits per heavy atom. The van der Waals surface area contributed by atoms with Crippen LogP contribution in [0.1, 0.15) is 5.56 Å². The molecule has 0 fully saturated rings. The largest absolute Gasteiger partial charge is 0.385 e.